The van der Waals surface area contributed by atoms with Gasteiger partial charge in [-0.1, -0.05) is 23.2 Å². The molecule has 2 N–H and O–H groups in total. The molecule has 1 aliphatic rings. The van der Waals surface area contributed by atoms with Crippen molar-refractivity contribution in [3.8, 4) is 0 Å². The molecule has 4 rings (SSSR count). The summed E-state index contributed by atoms with van der Waals surface area (Å²) in [5.41, 5.74) is 1.97. The van der Waals surface area contributed by atoms with Crippen LogP contribution in [-0.2, 0) is 4.79 Å². The van der Waals surface area contributed by atoms with Gasteiger partial charge in [-0.3, -0.25) is 4.79 Å². The van der Waals surface area contributed by atoms with Crippen LogP contribution >= 0.6 is 23.2 Å². The van der Waals surface area contributed by atoms with Crippen molar-refractivity contribution in [1.29, 1.82) is 0 Å². The molecule has 2 aromatic heterocycles. The number of nitrogens with zero attached hydrogens (tertiary/aromatic N) is 4. The normalized spacial score (nSPS) is 17.5. The van der Waals surface area contributed by atoms with Crippen LogP contribution in [-0.4, -0.2) is 38.9 Å². The van der Waals surface area contributed by atoms with E-state index in [9.17, 15) is 4.79 Å². The Hall–Kier alpha value is -2.38. The number of anilines is 2. The lowest BCUT2D eigenvalue weighted by Crippen LogP contribution is -2.41. The highest BCUT2D eigenvalue weighted by atomic mass is 35.5. The Kier molecular flexibility index (Phi) is 4.65. The van der Waals surface area contributed by atoms with Crippen molar-refractivity contribution in [2.24, 2.45) is 5.92 Å². The number of amides is 1. The summed E-state index contributed by atoms with van der Waals surface area (Å²) in [5, 5.41) is 3.86. The highest BCUT2D eigenvalue weighted by Crippen LogP contribution is 2.29. The first kappa shape index (κ1) is 17.1. The minimum atomic E-state index is -0.163. The molecule has 0 radical (unpaired) electrons. The zero-order chi connectivity index (χ0) is 18.1. The zero-order valence-corrected chi connectivity index (χ0v) is 15.3. The van der Waals surface area contributed by atoms with Crippen LogP contribution in [0, 0.1) is 5.92 Å². The fourth-order valence-electron chi connectivity index (χ4n) is 3.20. The van der Waals surface area contributed by atoms with Gasteiger partial charge in [0.1, 0.15) is 11.8 Å². The molecule has 0 aliphatic carbocycles. The number of aromatic amines is 1. The van der Waals surface area contributed by atoms with E-state index < -0.39 is 0 Å². The number of piperidine rings is 1. The van der Waals surface area contributed by atoms with Crippen LogP contribution in [0.1, 0.15) is 12.8 Å². The van der Waals surface area contributed by atoms with Gasteiger partial charge in [-0.25, -0.2) is 15.0 Å². The van der Waals surface area contributed by atoms with E-state index in [1.54, 1.807) is 24.5 Å². The number of halogens is 2. The highest BCUT2D eigenvalue weighted by Gasteiger charge is 2.28. The first-order valence-electron chi connectivity index (χ1n) is 8.27. The van der Waals surface area contributed by atoms with E-state index in [4.69, 9.17) is 23.2 Å². The second-order valence-corrected chi connectivity index (χ2v) is 7.04. The van der Waals surface area contributed by atoms with Gasteiger partial charge in [0.15, 0.2) is 11.5 Å². The molecule has 1 saturated heterocycles. The average Bonchev–Trinajstić information content (AvgIpc) is 3.13. The molecular formula is C17H16Cl2N6O. The number of benzene rings is 1. The summed E-state index contributed by atoms with van der Waals surface area (Å²) in [6, 6.07) is 5.02. The number of fused-ring (bicyclic) bond motifs is 1. The maximum Gasteiger partial charge on any atom is 0.229 e. The lowest BCUT2D eigenvalue weighted by Gasteiger charge is -2.32. The van der Waals surface area contributed by atoms with Crippen molar-refractivity contribution in [3.63, 3.8) is 0 Å². The number of hydrogen-bond acceptors (Lipinski definition) is 5. The highest BCUT2D eigenvalue weighted by molar-refractivity contribution is 6.36. The Balaban J connectivity index is 1.51. The topological polar surface area (TPSA) is 86.8 Å². The van der Waals surface area contributed by atoms with Crippen LogP contribution < -0.4 is 10.2 Å². The lowest BCUT2D eigenvalue weighted by molar-refractivity contribution is -0.120. The van der Waals surface area contributed by atoms with E-state index in [0.29, 0.717) is 27.9 Å². The number of nitrogens with one attached hydrogen (secondary N) is 2. The van der Waals surface area contributed by atoms with Crippen molar-refractivity contribution in [3.05, 3.63) is 40.9 Å². The molecule has 0 spiro atoms. The summed E-state index contributed by atoms with van der Waals surface area (Å²) in [6.45, 7) is 1.40. The molecule has 1 fully saturated rings. The van der Waals surface area contributed by atoms with E-state index >= 15 is 0 Å². The number of carbonyl (C=O) groups is 1. The SMILES string of the molecule is O=C(Nc1ccc(Cl)cc1Cl)[C@@H]1CCCN(c2ncnc3nc[nH]c23)C1. The number of H-pyrrole nitrogens is 1. The van der Waals surface area contributed by atoms with E-state index in [0.717, 1.165) is 30.7 Å². The van der Waals surface area contributed by atoms with Crippen molar-refractivity contribution in [2.75, 3.05) is 23.3 Å². The van der Waals surface area contributed by atoms with Crippen molar-refractivity contribution in [1.82, 2.24) is 19.9 Å². The molecule has 0 unspecified atom stereocenters. The molecular weight excluding hydrogens is 375 g/mol. The molecule has 3 aromatic rings. The Morgan fingerprint density at radius 1 is 1.27 bits per heavy atom. The van der Waals surface area contributed by atoms with Gasteiger partial charge in [0.05, 0.1) is 23.0 Å². The summed E-state index contributed by atoms with van der Waals surface area (Å²) < 4.78 is 0. The maximum absolute atomic E-state index is 12.7. The van der Waals surface area contributed by atoms with Gasteiger partial charge >= 0.3 is 0 Å². The van der Waals surface area contributed by atoms with Crippen LogP contribution in [0.15, 0.2) is 30.9 Å². The van der Waals surface area contributed by atoms with Gasteiger partial charge in [0, 0.05) is 18.1 Å². The first-order chi connectivity index (χ1) is 12.6. The molecule has 1 aliphatic heterocycles. The number of aromatic nitrogens is 4. The quantitative estimate of drug-likeness (QED) is 0.714. The van der Waals surface area contributed by atoms with Crippen LogP contribution in [0.5, 0.6) is 0 Å². The molecule has 26 heavy (non-hydrogen) atoms. The standard InChI is InChI=1S/C17H16Cl2N6O/c18-11-3-4-13(12(19)6-11)24-17(26)10-2-1-5-25(7-10)16-14-15(21-8-20-14)22-9-23-16/h3-4,6,8-10H,1-2,5,7H2,(H,24,26)(H,20,21,22,23)/t10-/m1/s1. The van der Waals surface area contributed by atoms with Gasteiger partial charge in [0.25, 0.3) is 0 Å². The summed E-state index contributed by atoms with van der Waals surface area (Å²) in [5.74, 6) is 0.548. The molecule has 0 saturated carbocycles. The van der Waals surface area contributed by atoms with Gasteiger partial charge in [-0.15, -0.1) is 0 Å². The first-order valence-corrected chi connectivity index (χ1v) is 9.02. The smallest absolute Gasteiger partial charge is 0.229 e. The summed E-state index contributed by atoms with van der Waals surface area (Å²) in [7, 11) is 0. The van der Waals surface area contributed by atoms with Gasteiger partial charge < -0.3 is 15.2 Å². The van der Waals surface area contributed by atoms with E-state index in [-0.39, 0.29) is 11.8 Å². The number of hydrogen-bond donors (Lipinski definition) is 2. The van der Waals surface area contributed by atoms with Gasteiger partial charge in [0.2, 0.25) is 5.91 Å². The molecule has 1 aromatic carbocycles. The van der Waals surface area contributed by atoms with Crippen molar-refractivity contribution in [2.45, 2.75) is 12.8 Å². The summed E-state index contributed by atoms with van der Waals surface area (Å²) >= 11 is 12.1. The minimum Gasteiger partial charge on any atom is -0.354 e. The third kappa shape index (κ3) is 3.32. The van der Waals surface area contributed by atoms with Crippen LogP contribution in [0.25, 0.3) is 11.2 Å². The second-order valence-electron chi connectivity index (χ2n) is 6.20. The molecule has 0 bridgehead atoms. The lowest BCUT2D eigenvalue weighted by atomic mass is 9.97. The van der Waals surface area contributed by atoms with Crippen molar-refractivity contribution < 1.29 is 4.79 Å². The van der Waals surface area contributed by atoms with Crippen LogP contribution in [0.2, 0.25) is 10.0 Å². The van der Waals surface area contributed by atoms with E-state index in [1.807, 2.05) is 0 Å². The molecule has 134 valence electrons. The fraction of sp³-hybridized carbons (Fsp3) is 0.294. The van der Waals surface area contributed by atoms with Crippen LogP contribution in [0.3, 0.4) is 0 Å². The molecule has 3 heterocycles. The largest absolute Gasteiger partial charge is 0.354 e. The molecule has 1 atom stereocenters. The van der Waals surface area contributed by atoms with E-state index in [2.05, 4.69) is 30.2 Å². The molecule has 9 heteroatoms. The maximum atomic E-state index is 12.7. The van der Waals surface area contributed by atoms with Gasteiger partial charge in [-0.05, 0) is 31.0 Å². The number of carbonyl (C=O) groups excluding carboxylic acids is 1. The molecule has 1 amide bonds. The van der Waals surface area contributed by atoms with E-state index in [1.165, 1.54) is 6.33 Å². The Morgan fingerprint density at radius 2 is 2.15 bits per heavy atom. The third-order valence-corrected chi connectivity index (χ3v) is 5.03. The fourth-order valence-corrected chi connectivity index (χ4v) is 3.66. The second kappa shape index (κ2) is 7.09. The Bertz CT molecular complexity index is 959. The predicted octanol–water partition coefficient (Wildman–Crippen LogP) is 3.51. The summed E-state index contributed by atoms with van der Waals surface area (Å²) in [6.07, 6.45) is 4.80. The predicted molar refractivity (Wildman–Crippen MR) is 102 cm³/mol. The summed E-state index contributed by atoms with van der Waals surface area (Å²) in [4.78, 5) is 30.6. The number of imidazole rings is 1. The Labute approximate surface area is 159 Å². The average molecular weight is 391 g/mol. The zero-order valence-electron chi connectivity index (χ0n) is 13.7. The van der Waals surface area contributed by atoms with Crippen molar-refractivity contribution >= 4 is 51.8 Å². The minimum absolute atomic E-state index is 0.0613. The van der Waals surface area contributed by atoms with Crippen LogP contribution in [0.4, 0.5) is 11.5 Å². The molecule has 7 nitrogen and oxygen atoms in total. The van der Waals surface area contributed by atoms with Gasteiger partial charge in [-0.2, -0.15) is 0 Å². The third-order valence-electron chi connectivity index (χ3n) is 4.48. The Morgan fingerprint density at radius 3 is 3.00 bits per heavy atom. The number of rotatable bonds is 3. The monoisotopic (exact) mass is 390 g/mol.